The number of allylic oxidation sites excluding steroid dienone is 1. The van der Waals surface area contributed by atoms with Gasteiger partial charge < -0.3 is 109 Å². The molecule has 4 saturated carbocycles. The molecule has 24 nitrogen and oxygen atoms in total. The van der Waals surface area contributed by atoms with Gasteiger partial charge in [0.05, 0.1) is 37.4 Å². The number of hydrogen-bond donors (Lipinski definition) is 14. The molecule has 5 aliphatic carbocycles. The Bertz CT molecular complexity index is 2180. The molecule has 24 heteroatoms. The van der Waals surface area contributed by atoms with Crippen LogP contribution in [0, 0.1) is 44.8 Å². The van der Waals surface area contributed by atoms with E-state index in [1.54, 1.807) is 0 Å². The number of aliphatic carboxylic acids is 1. The molecule has 0 amide bonds. The van der Waals surface area contributed by atoms with Crippen LogP contribution in [0.15, 0.2) is 11.6 Å². The van der Waals surface area contributed by atoms with Gasteiger partial charge in [-0.3, -0.25) is 4.79 Å². The second kappa shape index (κ2) is 21.3. The standard InChI is InChI=1S/C53H84O24/c1-48(2)13-10-21-22(57)16-52(7)28(53(21,69)20-48)9-8-27-50(5)14-12-29(49(3,4)26(50)11-15-51(27,52)6)73-47-42(77-45-37(65)34(62)31(59)24(18-55)71-45)39(38(66)40(75-47)43(67)68)74-46-41(35(63)32(60)25(19-56)72-46)76-44-36(64)33(61)30(58)23(17-54)70-44/h9,21,23-27,29-42,44-47,54-56,58-66,69H,8,10-20H2,1-7H3,(H,67,68)/t21-,23-,24+,25+,26+,27-,29+,30-,31+,32+,33+,34+,35+,36-,37-,38+,39+,40+,41-,42+,44+,45+,46+,47+,50+,51-,52-,53+/m1/s1. The number of ether oxygens (including phenoxy) is 8. The van der Waals surface area contributed by atoms with Crippen LogP contribution in [-0.2, 0) is 47.5 Å². The summed E-state index contributed by atoms with van der Waals surface area (Å²) in [7, 11) is 0. The van der Waals surface area contributed by atoms with Crippen molar-refractivity contribution in [2.45, 2.75) is 241 Å². The molecule has 0 aromatic rings. The lowest BCUT2D eigenvalue weighted by Gasteiger charge is -2.71. The van der Waals surface area contributed by atoms with Crippen molar-refractivity contribution >= 4 is 11.8 Å². The van der Waals surface area contributed by atoms with Crippen LogP contribution < -0.4 is 0 Å². The van der Waals surface area contributed by atoms with Crippen LogP contribution in [0.1, 0.15) is 106 Å². The Labute approximate surface area is 446 Å². The van der Waals surface area contributed by atoms with Crippen LogP contribution in [0.5, 0.6) is 0 Å². The number of aliphatic hydroxyl groups excluding tert-OH is 12. The summed E-state index contributed by atoms with van der Waals surface area (Å²) in [5.41, 5.74) is -2.58. The minimum Gasteiger partial charge on any atom is -0.479 e. The molecule has 14 N–H and O–H groups in total. The van der Waals surface area contributed by atoms with Crippen molar-refractivity contribution in [3.05, 3.63) is 11.6 Å². The predicted molar refractivity (Wildman–Crippen MR) is 259 cm³/mol. The average molecular weight is 1110 g/mol. The second-order valence-electron chi connectivity index (χ2n) is 25.9. The monoisotopic (exact) mass is 1100 g/mol. The third-order valence-electron chi connectivity index (χ3n) is 20.7. The van der Waals surface area contributed by atoms with Gasteiger partial charge in [-0.2, -0.15) is 0 Å². The zero-order valence-electron chi connectivity index (χ0n) is 44.8. The molecule has 28 atom stereocenters. The molecule has 0 radical (unpaired) electrons. The number of carboxylic acid groups (broad SMARTS) is 1. The van der Waals surface area contributed by atoms with Crippen molar-refractivity contribution < 1.29 is 119 Å². The molecule has 440 valence electrons. The Morgan fingerprint density at radius 1 is 0.584 bits per heavy atom. The predicted octanol–water partition coefficient (Wildman–Crippen LogP) is -2.54. The number of Topliss-reactive ketones (excluding diaryl/α,β-unsaturated/α-hetero) is 1. The molecule has 9 rings (SSSR count). The van der Waals surface area contributed by atoms with Gasteiger partial charge in [0.2, 0.25) is 0 Å². The highest BCUT2D eigenvalue weighted by Gasteiger charge is 2.71. The van der Waals surface area contributed by atoms with E-state index in [4.69, 9.17) is 37.9 Å². The first-order valence-corrected chi connectivity index (χ1v) is 27.3. The Kier molecular flexibility index (Phi) is 16.5. The number of carboxylic acids is 1. The van der Waals surface area contributed by atoms with Crippen molar-refractivity contribution in [1.29, 1.82) is 0 Å². The number of carbonyl (C=O) groups excluding carboxylic acids is 1. The number of ketones is 1. The van der Waals surface area contributed by atoms with Gasteiger partial charge in [0, 0.05) is 11.8 Å². The van der Waals surface area contributed by atoms with Crippen LogP contribution in [0.4, 0.5) is 0 Å². The third-order valence-corrected chi connectivity index (χ3v) is 20.7. The largest absolute Gasteiger partial charge is 0.479 e. The van der Waals surface area contributed by atoms with E-state index < -0.39 is 182 Å². The van der Waals surface area contributed by atoms with E-state index in [1.165, 1.54) is 0 Å². The molecular formula is C53H84O24. The molecule has 8 fully saturated rings. The molecule has 0 bridgehead atoms. The van der Waals surface area contributed by atoms with Crippen molar-refractivity contribution in [1.82, 2.24) is 0 Å². The maximum atomic E-state index is 14.3. The highest BCUT2D eigenvalue weighted by molar-refractivity contribution is 5.86. The topological polar surface area (TPSA) is 391 Å². The lowest BCUT2D eigenvalue weighted by molar-refractivity contribution is -0.407. The summed E-state index contributed by atoms with van der Waals surface area (Å²) >= 11 is 0. The van der Waals surface area contributed by atoms with Crippen LogP contribution >= 0.6 is 0 Å². The summed E-state index contributed by atoms with van der Waals surface area (Å²) in [6.45, 7) is 12.4. The van der Waals surface area contributed by atoms with Gasteiger partial charge in [0.1, 0.15) is 97.3 Å². The summed E-state index contributed by atoms with van der Waals surface area (Å²) in [5.74, 6) is -2.09. The van der Waals surface area contributed by atoms with Gasteiger partial charge in [0.25, 0.3) is 0 Å². The first-order chi connectivity index (χ1) is 35.9. The van der Waals surface area contributed by atoms with Crippen molar-refractivity contribution in [2.75, 3.05) is 19.8 Å². The van der Waals surface area contributed by atoms with E-state index in [0.717, 1.165) is 12.0 Å². The fraction of sp³-hybridized carbons (Fsp3) is 0.925. The first kappa shape index (κ1) is 59.7. The molecule has 0 aromatic heterocycles. The molecule has 77 heavy (non-hydrogen) atoms. The highest BCUT2D eigenvalue weighted by Crippen LogP contribution is 2.75. The molecule has 4 aliphatic heterocycles. The molecule has 0 unspecified atom stereocenters. The molecule has 4 heterocycles. The van der Waals surface area contributed by atoms with E-state index in [9.17, 15) is 81.1 Å². The number of rotatable bonds is 12. The van der Waals surface area contributed by atoms with E-state index in [2.05, 4.69) is 40.7 Å². The maximum Gasteiger partial charge on any atom is 0.335 e. The van der Waals surface area contributed by atoms with E-state index in [0.29, 0.717) is 51.4 Å². The smallest absolute Gasteiger partial charge is 0.335 e. The second-order valence-corrected chi connectivity index (χ2v) is 25.9. The number of aliphatic hydroxyl groups is 13. The van der Waals surface area contributed by atoms with E-state index in [-0.39, 0.29) is 28.4 Å². The molecule has 9 aliphatic rings. The molecule has 4 saturated heterocycles. The Morgan fingerprint density at radius 2 is 1.10 bits per heavy atom. The Balaban J connectivity index is 1.05. The zero-order chi connectivity index (χ0) is 56.4. The minimum atomic E-state index is -2.28. The quantitative estimate of drug-likeness (QED) is 0.0707. The van der Waals surface area contributed by atoms with Crippen molar-refractivity contribution in [3.63, 3.8) is 0 Å². The van der Waals surface area contributed by atoms with Crippen LogP contribution in [0.2, 0.25) is 0 Å². The Morgan fingerprint density at radius 3 is 1.66 bits per heavy atom. The molecule has 0 aromatic carbocycles. The SMILES string of the molecule is CC1(C)CC[C@@H]2C(=O)C[C@]3(C)C(=CC[C@@H]4[C@@]5(C)CC[C@H](O[C@H]6O[C@H](C(=O)O)[C@@H](O)[C@H](O[C@@H]7O[C@@H](CO)[C@H](O)[C@H](O)[C@H]7O[C@@H]7O[C@H](CO)[C@@H](O)[C@H](O)[C@H]7O)[C@@H]6O[C@@H]6O[C@@H](CO)[C@H](O)[C@H](O)[C@H]6O)C(C)(C)[C@@H]5CC[C@]43C)[C@]2(O)C1. The van der Waals surface area contributed by atoms with E-state index >= 15 is 0 Å². The summed E-state index contributed by atoms with van der Waals surface area (Å²) in [4.78, 5) is 27.4. The summed E-state index contributed by atoms with van der Waals surface area (Å²) in [6.07, 6.45) is -32.2. The average Bonchev–Trinajstić information content (AvgIpc) is 3.53. The lowest BCUT2D eigenvalue weighted by atomic mass is 9.34. The maximum absolute atomic E-state index is 14.3. The van der Waals surface area contributed by atoms with Crippen LogP contribution in [-0.4, -0.2) is 238 Å². The summed E-state index contributed by atoms with van der Waals surface area (Å²) < 4.78 is 48.7. The van der Waals surface area contributed by atoms with Gasteiger partial charge in [-0.1, -0.05) is 54.5 Å². The van der Waals surface area contributed by atoms with E-state index in [1.807, 2.05) is 13.8 Å². The van der Waals surface area contributed by atoms with Gasteiger partial charge in [0.15, 0.2) is 31.3 Å². The summed E-state index contributed by atoms with van der Waals surface area (Å²) in [5, 5.41) is 153. The van der Waals surface area contributed by atoms with Gasteiger partial charge in [-0.15, -0.1) is 0 Å². The highest BCUT2D eigenvalue weighted by atomic mass is 16.8. The fourth-order valence-corrected chi connectivity index (χ4v) is 16.3. The lowest BCUT2D eigenvalue weighted by Crippen LogP contribution is -2.69. The molecular weight excluding hydrogens is 1020 g/mol. The van der Waals surface area contributed by atoms with Gasteiger partial charge in [-0.05, 0) is 90.4 Å². The zero-order valence-corrected chi connectivity index (χ0v) is 44.8. The fourth-order valence-electron chi connectivity index (χ4n) is 16.3. The number of hydrogen-bond acceptors (Lipinski definition) is 23. The number of carbonyl (C=O) groups is 2. The Hall–Kier alpha value is -1.96. The van der Waals surface area contributed by atoms with Crippen molar-refractivity contribution in [2.24, 2.45) is 44.8 Å². The van der Waals surface area contributed by atoms with Crippen molar-refractivity contribution in [3.8, 4) is 0 Å². The first-order valence-electron chi connectivity index (χ1n) is 27.3. The minimum absolute atomic E-state index is 0.0510. The normalized spacial score (nSPS) is 53.5. The third kappa shape index (κ3) is 9.70. The number of fused-ring (bicyclic) bond motifs is 7. The van der Waals surface area contributed by atoms with Crippen LogP contribution in [0.25, 0.3) is 0 Å². The summed E-state index contributed by atoms with van der Waals surface area (Å²) in [6, 6.07) is 0. The van der Waals surface area contributed by atoms with Gasteiger partial charge in [-0.25, -0.2) is 4.79 Å². The molecule has 0 spiro atoms. The van der Waals surface area contributed by atoms with Gasteiger partial charge >= 0.3 is 5.97 Å². The van der Waals surface area contributed by atoms with Crippen LogP contribution in [0.3, 0.4) is 0 Å².